The van der Waals surface area contributed by atoms with Crippen molar-refractivity contribution < 1.29 is 23.5 Å². The highest BCUT2D eigenvalue weighted by Crippen LogP contribution is 2.24. The zero-order valence-corrected chi connectivity index (χ0v) is 16.8. The summed E-state index contributed by atoms with van der Waals surface area (Å²) in [6, 6.07) is 15.6. The molecular formula is C23H23NO6. The van der Waals surface area contributed by atoms with E-state index in [2.05, 4.69) is 5.32 Å². The van der Waals surface area contributed by atoms with Gasteiger partial charge in [0.2, 0.25) is 0 Å². The molecule has 0 bridgehead atoms. The fourth-order valence-corrected chi connectivity index (χ4v) is 3.19. The molecule has 30 heavy (non-hydrogen) atoms. The van der Waals surface area contributed by atoms with Crippen LogP contribution in [-0.2, 0) is 20.9 Å². The number of fused-ring (bicyclic) bond motifs is 1. The molecular weight excluding hydrogens is 386 g/mol. The molecule has 1 unspecified atom stereocenters. The normalized spacial score (nSPS) is 11.7. The van der Waals surface area contributed by atoms with Crippen LogP contribution in [0.4, 0.5) is 10.5 Å². The van der Waals surface area contributed by atoms with E-state index in [-0.39, 0.29) is 30.7 Å². The molecule has 7 nitrogen and oxygen atoms in total. The van der Waals surface area contributed by atoms with Gasteiger partial charge >= 0.3 is 17.7 Å². The standard InChI is InChI=1S/C23H23NO6/c1-3-18(15-8-6-5-7-9-15)22(26)29-14-16-12-21(25)30-20-13-17(10-11-19(16)20)24-23(27)28-4-2/h5-13,18H,3-4,14H2,1-2H3,(H,24,27). The van der Waals surface area contributed by atoms with E-state index >= 15 is 0 Å². The van der Waals surface area contributed by atoms with Gasteiger partial charge in [-0.2, -0.15) is 0 Å². The summed E-state index contributed by atoms with van der Waals surface area (Å²) >= 11 is 0. The minimum atomic E-state index is -0.601. The summed E-state index contributed by atoms with van der Waals surface area (Å²) in [5, 5.41) is 3.17. The minimum Gasteiger partial charge on any atom is -0.460 e. The van der Waals surface area contributed by atoms with Crippen molar-refractivity contribution in [1.82, 2.24) is 0 Å². The van der Waals surface area contributed by atoms with Gasteiger partial charge in [0.25, 0.3) is 0 Å². The van der Waals surface area contributed by atoms with Gasteiger partial charge in [-0.05, 0) is 31.0 Å². The maximum Gasteiger partial charge on any atom is 0.411 e. The highest BCUT2D eigenvalue weighted by molar-refractivity contribution is 5.90. The van der Waals surface area contributed by atoms with Gasteiger partial charge in [-0.25, -0.2) is 9.59 Å². The number of ether oxygens (including phenoxy) is 2. The number of carbonyl (C=O) groups excluding carboxylic acids is 2. The Morgan fingerprint density at radius 3 is 2.50 bits per heavy atom. The molecule has 0 aliphatic heterocycles. The molecule has 0 spiro atoms. The molecule has 1 aromatic heterocycles. The van der Waals surface area contributed by atoms with Gasteiger partial charge in [-0.15, -0.1) is 0 Å². The maximum absolute atomic E-state index is 12.6. The fraction of sp³-hybridized carbons (Fsp3) is 0.261. The van der Waals surface area contributed by atoms with Crippen molar-refractivity contribution in [1.29, 1.82) is 0 Å². The van der Waals surface area contributed by atoms with Crippen LogP contribution in [-0.4, -0.2) is 18.7 Å². The summed E-state index contributed by atoms with van der Waals surface area (Å²) in [4.78, 5) is 36.2. The van der Waals surface area contributed by atoms with Crippen molar-refractivity contribution in [2.24, 2.45) is 0 Å². The molecule has 3 aromatic rings. The summed E-state index contributed by atoms with van der Waals surface area (Å²) in [6.07, 6.45) is -0.000503. The van der Waals surface area contributed by atoms with Crippen LogP contribution >= 0.6 is 0 Å². The van der Waals surface area contributed by atoms with Gasteiger partial charge in [0.15, 0.2) is 0 Å². The number of anilines is 1. The van der Waals surface area contributed by atoms with Crippen LogP contribution in [0.15, 0.2) is 63.8 Å². The smallest absolute Gasteiger partial charge is 0.411 e. The molecule has 0 aliphatic rings. The molecule has 0 saturated heterocycles. The second-order valence-corrected chi connectivity index (χ2v) is 6.63. The first-order valence-electron chi connectivity index (χ1n) is 9.74. The number of carbonyl (C=O) groups is 2. The van der Waals surface area contributed by atoms with Gasteiger partial charge in [0.05, 0.1) is 12.5 Å². The van der Waals surface area contributed by atoms with Crippen LogP contribution in [0.1, 0.15) is 37.3 Å². The predicted octanol–water partition coefficient (Wildman–Crippen LogP) is 4.60. The minimum absolute atomic E-state index is 0.0606. The molecule has 0 radical (unpaired) electrons. The number of amides is 1. The lowest BCUT2D eigenvalue weighted by Crippen LogP contribution is -2.16. The van der Waals surface area contributed by atoms with Crippen molar-refractivity contribution in [2.45, 2.75) is 32.8 Å². The Morgan fingerprint density at radius 1 is 1.03 bits per heavy atom. The van der Waals surface area contributed by atoms with E-state index in [1.165, 1.54) is 12.1 Å². The molecule has 156 valence electrons. The van der Waals surface area contributed by atoms with Gasteiger partial charge in [-0.3, -0.25) is 10.1 Å². The third kappa shape index (κ3) is 5.05. The Labute approximate surface area is 173 Å². The third-order valence-corrected chi connectivity index (χ3v) is 4.62. The Bertz CT molecular complexity index is 1090. The molecule has 1 atom stereocenters. The fourth-order valence-electron chi connectivity index (χ4n) is 3.19. The van der Waals surface area contributed by atoms with Crippen molar-refractivity contribution >= 4 is 28.7 Å². The lowest BCUT2D eigenvalue weighted by Gasteiger charge is -2.15. The van der Waals surface area contributed by atoms with E-state index in [1.807, 2.05) is 37.3 Å². The zero-order chi connectivity index (χ0) is 21.5. The van der Waals surface area contributed by atoms with Gasteiger partial charge < -0.3 is 13.9 Å². The Kier molecular flexibility index (Phi) is 6.85. The molecule has 0 aliphatic carbocycles. The summed E-state index contributed by atoms with van der Waals surface area (Å²) in [5.74, 6) is -0.733. The van der Waals surface area contributed by atoms with E-state index < -0.39 is 11.7 Å². The van der Waals surface area contributed by atoms with Crippen LogP contribution in [0.25, 0.3) is 11.0 Å². The number of nitrogens with one attached hydrogen (secondary N) is 1. The number of hydrogen-bond acceptors (Lipinski definition) is 6. The number of rotatable bonds is 7. The SMILES string of the molecule is CCOC(=O)Nc1ccc2c(COC(=O)C(CC)c3ccccc3)cc(=O)oc2c1. The van der Waals surface area contributed by atoms with Gasteiger partial charge in [0, 0.05) is 28.8 Å². The predicted molar refractivity (Wildman–Crippen MR) is 112 cm³/mol. The van der Waals surface area contributed by atoms with Crippen molar-refractivity contribution in [3.63, 3.8) is 0 Å². The monoisotopic (exact) mass is 409 g/mol. The highest BCUT2D eigenvalue weighted by atomic mass is 16.5. The molecule has 0 saturated carbocycles. The van der Waals surface area contributed by atoms with Crippen molar-refractivity contribution in [3.8, 4) is 0 Å². The molecule has 1 N–H and O–H groups in total. The Morgan fingerprint density at radius 2 is 1.80 bits per heavy atom. The quantitative estimate of drug-likeness (QED) is 0.453. The largest absolute Gasteiger partial charge is 0.460 e. The molecule has 3 rings (SSSR count). The van der Waals surface area contributed by atoms with E-state index in [1.54, 1.807) is 19.1 Å². The lowest BCUT2D eigenvalue weighted by molar-refractivity contribution is -0.146. The van der Waals surface area contributed by atoms with E-state index in [0.29, 0.717) is 23.1 Å². The van der Waals surface area contributed by atoms with Crippen molar-refractivity contribution in [2.75, 3.05) is 11.9 Å². The molecule has 1 amide bonds. The second-order valence-electron chi connectivity index (χ2n) is 6.63. The first-order chi connectivity index (χ1) is 14.5. The third-order valence-electron chi connectivity index (χ3n) is 4.62. The Hall–Kier alpha value is -3.61. The number of esters is 1. The molecule has 0 fully saturated rings. The zero-order valence-electron chi connectivity index (χ0n) is 16.8. The summed E-state index contributed by atoms with van der Waals surface area (Å²) < 4.78 is 15.6. The van der Waals surface area contributed by atoms with Crippen LogP contribution in [0.3, 0.4) is 0 Å². The van der Waals surface area contributed by atoms with E-state index in [0.717, 1.165) is 5.56 Å². The first kappa shape index (κ1) is 21.1. The van der Waals surface area contributed by atoms with E-state index in [4.69, 9.17) is 13.9 Å². The van der Waals surface area contributed by atoms with Crippen molar-refractivity contribution in [3.05, 3.63) is 76.1 Å². The lowest BCUT2D eigenvalue weighted by atomic mass is 9.97. The van der Waals surface area contributed by atoms with Gasteiger partial charge in [0.1, 0.15) is 12.2 Å². The van der Waals surface area contributed by atoms with Gasteiger partial charge in [-0.1, -0.05) is 37.3 Å². The highest BCUT2D eigenvalue weighted by Gasteiger charge is 2.20. The average Bonchev–Trinajstić information content (AvgIpc) is 2.73. The van der Waals surface area contributed by atoms with Crippen LogP contribution < -0.4 is 10.9 Å². The number of hydrogen-bond donors (Lipinski definition) is 1. The maximum atomic E-state index is 12.6. The van der Waals surface area contributed by atoms with Crippen LogP contribution in [0.5, 0.6) is 0 Å². The van der Waals surface area contributed by atoms with E-state index in [9.17, 15) is 14.4 Å². The summed E-state index contributed by atoms with van der Waals surface area (Å²) in [7, 11) is 0. The molecule has 1 heterocycles. The molecule has 2 aromatic carbocycles. The Balaban J connectivity index is 1.79. The topological polar surface area (TPSA) is 94.8 Å². The van der Waals surface area contributed by atoms with Crippen LogP contribution in [0, 0.1) is 0 Å². The summed E-state index contributed by atoms with van der Waals surface area (Å²) in [6.45, 7) is 3.80. The first-order valence-corrected chi connectivity index (χ1v) is 9.74. The average molecular weight is 409 g/mol. The summed E-state index contributed by atoms with van der Waals surface area (Å²) in [5.41, 5.74) is 1.54. The number of benzene rings is 2. The van der Waals surface area contributed by atoms with Crippen LogP contribution in [0.2, 0.25) is 0 Å². The molecule has 7 heteroatoms. The second kappa shape index (κ2) is 9.73.